The Balaban J connectivity index is 1.98. The van der Waals surface area contributed by atoms with Gasteiger partial charge in [0, 0.05) is 11.3 Å². The Labute approximate surface area is 121 Å². The third-order valence-electron chi connectivity index (χ3n) is 4.69. The second kappa shape index (κ2) is 5.17. The highest BCUT2D eigenvalue weighted by molar-refractivity contribution is 7.11. The van der Waals surface area contributed by atoms with Crippen LogP contribution in [0.3, 0.4) is 0 Å². The van der Waals surface area contributed by atoms with Crippen molar-refractivity contribution < 1.29 is 5.11 Å². The third kappa shape index (κ3) is 3.57. The fraction of sp³-hybridized carbons (Fsp3) is 0.812. The first kappa shape index (κ1) is 15.0. The molecule has 0 aromatic carbocycles. The lowest BCUT2D eigenvalue weighted by Gasteiger charge is -2.41. The second-order valence-electron chi connectivity index (χ2n) is 7.29. The molecule has 0 spiro atoms. The Morgan fingerprint density at radius 1 is 1.26 bits per heavy atom. The monoisotopic (exact) mass is 281 g/mol. The van der Waals surface area contributed by atoms with Crippen LogP contribution in [0.1, 0.15) is 62.0 Å². The fourth-order valence-corrected chi connectivity index (χ4v) is 4.16. The largest absolute Gasteiger partial charge is 0.389 e. The molecule has 19 heavy (non-hydrogen) atoms. The molecule has 0 saturated heterocycles. The number of hydrogen-bond acceptors (Lipinski definition) is 3. The Morgan fingerprint density at radius 2 is 1.84 bits per heavy atom. The van der Waals surface area contributed by atoms with Gasteiger partial charge < -0.3 is 5.11 Å². The predicted octanol–water partition coefficient (Wildman–Crippen LogP) is 4.27. The standard InChI is InChI=1S/C16H27NOS/c1-11-12(2)19-14(17-11)10-16(18)8-6-13(7-9-16)15(3,4)5/h13,18H,6-10H2,1-5H3. The lowest BCUT2D eigenvalue weighted by molar-refractivity contribution is -0.0245. The summed E-state index contributed by atoms with van der Waals surface area (Å²) >= 11 is 1.74. The van der Waals surface area contributed by atoms with E-state index in [9.17, 15) is 5.11 Å². The zero-order chi connectivity index (χ0) is 14.3. The molecule has 1 aliphatic rings. The number of nitrogens with zero attached hydrogens (tertiary/aromatic N) is 1. The SMILES string of the molecule is Cc1nc(CC2(O)CCC(C(C)(C)C)CC2)sc1C. The molecule has 3 heteroatoms. The van der Waals surface area contributed by atoms with Crippen molar-refractivity contribution in [2.24, 2.45) is 11.3 Å². The molecular formula is C16H27NOS. The molecule has 2 rings (SSSR count). The van der Waals surface area contributed by atoms with Gasteiger partial charge in [0.05, 0.1) is 16.3 Å². The zero-order valence-electron chi connectivity index (χ0n) is 12.9. The van der Waals surface area contributed by atoms with Crippen LogP contribution in [0, 0.1) is 25.2 Å². The summed E-state index contributed by atoms with van der Waals surface area (Å²) < 4.78 is 0. The summed E-state index contributed by atoms with van der Waals surface area (Å²) in [5, 5.41) is 11.9. The van der Waals surface area contributed by atoms with Crippen molar-refractivity contribution in [2.75, 3.05) is 0 Å². The van der Waals surface area contributed by atoms with Gasteiger partial charge in [-0.2, -0.15) is 0 Å². The summed E-state index contributed by atoms with van der Waals surface area (Å²) in [5.41, 5.74) is 0.973. The van der Waals surface area contributed by atoms with Gasteiger partial charge in [-0.25, -0.2) is 4.98 Å². The first-order valence-corrected chi connectivity index (χ1v) is 8.16. The topological polar surface area (TPSA) is 33.1 Å². The highest BCUT2D eigenvalue weighted by atomic mass is 32.1. The summed E-state index contributed by atoms with van der Waals surface area (Å²) in [5.74, 6) is 0.743. The minimum atomic E-state index is -0.515. The number of aliphatic hydroxyl groups is 1. The van der Waals surface area contributed by atoms with Gasteiger partial charge in [-0.15, -0.1) is 11.3 Å². The van der Waals surface area contributed by atoms with Crippen molar-refractivity contribution in [3.05, 3.63) is 15.6 Å². The summed E-state index contributed by atoms with van der Waals surface area (Å²) in [6.45, 7) is 11.1. The van der Waals surface area contributed by atoms with E-state index < -0.39 is 5.60 Å². The number of hydrogen-bond donors (Lipinski definition) is 1. The van der Waals surface area contributed by atoms with Gasteiger partial charge in [0.2, 0.25) is 0 Å². The van der Waals surface area contributed by atoms with E-state index in [-0.39, 0.29) is 0 Å². The predicted molar refractivity (Wildman–Crippen MR) is 81.7 cm³/mol. The van der Waals surface area contributed by atoms with E-state index in [4.69, 9.17) is 0 Å². The smallest absolute Gasteiger partial charge is 0.0959 e. The van der Waals surface area contributed by atoms with Crippen LogP contribution in [-0.4, -0.2) is 15.7 Å². The van der Waals surface area contributed by atoms with E-state index in [0.717, 1.165) is 48.7 Å². The van der Waals surface area contributed by atoms with Crippen LogP contribution in [-0.2, 0) is 6.42 Å². The first-order valence-electron chi connectivity index (χ1n) is 7.35. The quantitative estimate of drug-likeness (QED) is 0.878. The van der Waals surface area contributed by atoms with Gasteiger partial charge in [0.25, 0.3) is 0 Å². The summed E-state index contributed by atoms with van der Waals surface area (Å²) in [6, 6.07) is 0. The highest BCUT2D eigenvalue weighted by Gasteiger charge is 2.37. The highest BCUT2D eigenvalue weighted by Crippen LogP contribution is 2.42. The molecule has 0 amide bonds. The van der Waals surface area contributed by atoms with Gasteiger partial charge in [0.15, 0.2) is 0 Å². The maximum atomic E-state index is 10.8. The minimum absolute atomic E-state index is 0.371. The number of rotatable bonds is 2. The van der Waals surface area contributed by atoms with Crippen LogP contribution in [0.5, 0.6) is 0 Å². The van der Waals surface area contributed by atoms with Crippen LogP contribution in [0.15, 0.2) is 0 Å². The van der Waals surface area contributed by atoms with Gasteiger partial charge in [-0.05, 0) is 50.9 Å². The Hall–Kier alpha value is -0.410. The molecule has 1 saturated carbocycles. The van der Waals surface area contributed by atoms with E-state index >= 15 is 0 Å². The average Bonchev–Trinajstić information content (AvgIpc) is 2.56. The van der Waals surface area contributed by atoms with Crippen LogP contribution in [0.4, 0.5) is 0 Å². The molecule has 1 aliphatic carbocycles. The van der Waals surface area contributed by atoms with E-state index in [1.54, 1.807) is 11.3 Å². The molecular weight excluding hydrogens is 254 g/mol. The van der Waals surface area contributed by atoms with Crippen molar-refractivity contribution in [1.82, 2.24) is 4.98 Å². The molecule has 2 nitrogen and oxygen atoms in total. The molecule has 0 radical (unpaired) electrons. The molecule has 0 unspecified atom stereocenters. The maximum absolute atomic E-state index is 10.8. The van der Waals surface area contributed by atoms with E-state index in [1.807, 2.05) is 0 Å². The zero-order valence-corrected chi connectivity index (χ0v) is 13.7. The van der Waals surface area contributed by atoms with Crippen molar-refractivity contribution in [3.8, 4) is 0 Å². The van der Waals surface area contributed by atoms with Gasteiger partial charge in [0.1, 0.15) is 0 Å². The molecule has 1 N–H and O–H groups in total. The van der Waals surface area contributed by atoms with E-state index in [0.29, 0.717) is 5.41 Å². The van der Waals surface area contributed by atoms with E-state index in [1.165, 1.54) is 4.88 Å². The third-order valence-corrected chi connectivity index (χ3v) is 5.77. The Bertz CT molecular complexity index is 417. The second-order valence-corrected chi connectivity index (χ2v) is 8.58. The fourth-order valence-electron chi connectivity index (χ4n) is 3.09. The molecule has 108 valence electrons. The number of aromatic nitrogens is 1. The normalized spacial score (nSPS) is 28.6. The lowest BCUT2D eigenvalue weighted by atomic mass is 9.68. The van der Waals surface area contributed by atoms with Crippen LogP contribution >= 0.6 is 11.3 Å². The molecule has 0 aliphatic heterocycles. The summed E-state index contributed by atoms with van der Waals surface area (Å²) in [7, 11) is 0. The first-order chi connectivity index (χ1) is 8.70. The van der Waals surface area contributed by atoms with Crippen LogP contribution in [0.2, 0.25) is 0 Å². The Kier molecular flexibility index (Phi) is 4.08. The van der Waals surface area contributed by atoms with Crippen molar-refractivity contribution >= 4 is 11.3 Å². The van der Waals surface area contributed by atoms with Gasteiger partial charge in [-0.1, -0.05) is 20.8 Å². The molecule has 1 heterocycles. The van der Waals surface area contributed by atoms with Crippen molar-refractivity contribution in [3.63, 3.8) is 0 Å². The molecule has 1 aromatic rings. The van der Waals surface area contributed by atoms with Gasteiger partial charge >= 0.3 is 0 Å². The number of aryl methyl sites for hydroxylation is 2. The number of thiazole rings is 1. The average molecular weight is 281 g/mol. The molecule has 0 atom stereocenters. The minimum Gasteiger partial charge on any atom is -0.389 e. The van der Waals surface area contributed by atoms with Crippen LogP contribution < -0.4 is 0 Å². The van der Waals surface area contributed by atoms with Gasteiger partial charge in [-0.3, -0.25) is 0 Å². The summed E-state index contributed by atoms with van der Waals surface area (Å²) in [4.78, 5) is 5.86. The summed E-state index contributed by atoms with van der Waals surface area (Å²) in [6.07, 6.45) is 4.87. The molecule has 1 fully saturated rings. The van der Waals surface area contributed by atoms with Crippen molar-refractivity contribution in [2.45, 2.75) is 72.3 Å². The lowest BCUT2D eigenvalue weighted by Crippen LogP contribution is -2.39. The van der Waals surface area contributed by atoms with Crippen LogP contribution in [0.25, 0.3) is 0 Å². The van der Waals surface area contributed by atoms with E-state index in [2.05, 4.69) is 39.6 Å². The molecule has 0 bridgehead atoms. The Morgan fingerprint density at radius 3 is 2.26 bits per heavy atom. The molecule has 1 aromatic heterocycles. The maximum Gasteiger partial charge on any atom is 0.0959 e. The van der Waals surface area contributed by atoms with Crippen molar-refractivity contribution in [1.29, 1.82) is 0 Å².